The van der Waals surface area contributed by atoms with Crippen LogP contribution in [-0.4, -0.2) is 27.6 Å². The second-order valence-corrected chi connectivity index (χ2v) is 5.41. The molecule has 1 heterocycles. The fraction of sp³-hybridized carbons (Fsp3) is 0.545. The Morgan fingerprint density at radius 1 is 1.50 bits per heavy atom. The summed E-state index contributed by atoms with van der Waals surface area (Å²) < 4.78 is 1.05. The molecule has 0 saturated carbocycles. The van der Waals surface area contributed by atoms with E-state index >= 15 is 0 Å². The Bertz CT molecular complexity index is 229. The number of hydrogen-bond acceptors (Lipinski definition) is 2. The summed E-state index contributed by atoms with van der Waals surface area (Å²) in [5.74, 6) is 0. The number of nitrogens with zero attached hydrogens (tertiary/aromatic N) is 1. The summed E-state index contributed by atoms with van der Waals surface area (Å²) in [5, 5.41) is 0.445. The SMILES string of the molecule is C=C/C=C/C(C)SC(=S)N1CCCC1. The van der Waals surface area contributed by atoms with Crippen molar-refractivity contribution in [3.63, 3.8) is 0 Å². The summed E-state index contributed by atoms with van der Waals surface area (Å²) >= 11 is 7.13. The summed E-state index contributed by atoms with van der Waals surface area (Å²) in [7, 11) is 0. The van der Waals surface area contributed by atoms with Gasteiger partial charge < -0.3 is 4.90 Å². The van der Waals surface area contributed by atoms with E-state index in [1.807, 2.05) is 6.08 Å². The van der Waals surface area contributed by atoms with Crippen LogP contribution in [0.4, 0.5) is 0 Å². The predicted molar refractivity (Wildman–Crippen MR) is 69.8 cm³/mol. The van der Waals surface area contributed by atoms with Gasteiger partial charge in [0.15, 0.2) is 0 Å². The van der Waals surface area contributed by atoms with Crippen molar-refractivity contribution in [2.24, 2.45) is 0 Å². The van der Waals surface area contributed by atoms with Gasteiger partial charge in [-0.25, -0.2) is 0 Å². The van der Waals surface area contributed by atoms with E-state index in [4.69, 9.17) is 12.2 Å². The molecule has 0 aliphatic carbocycles. The normalized spacial score (nSPS) is 18.8. The van der Waals surface area contributed by atoms with Crippen molar-refractivity contribution >= 4 is 28.3 Å². The van der Waals surface area contributed by atoms with Gasteiger partial charge in [-0.15, -0.1) is 0 Å². The highest BCUT2D eigenvalue weighted by Gasteiger charge is 2.16. The zero-order valence-corrected chi connectivity index (χ0v) is 10.2. The van der Waals surface area contributed by atoms with E-state index in [9.17, 15) is 0 Å². The summed E-state index contributed by atoms with van der Waals surface area (Å²) in [6.45, 7) is 8.09. The number of thiocarbonyl (C=S) groups is 1. The molecule has 78 valence electrons. The quantitative estimate of drug-likeness (QED) is 0.538. The zero-order chi connectivity index (χ0) is 10.4. The van der Waals surface area contributed by atoms with Gasteiger partial charge in [-0.3, -0.25) is 0 Å². The van der Waals surface area contributed by atoms with Crippen LogP contribution in [0.25, 0.3) is 0 Å². The van der Waals surface area contributed by atoms with Crippen LogP contribution in [0.1, 0.15) is 19.8 Å². The lowest BCUT2D eigenvalue weighted by Gasteiger charge is -2.19. The zero-order valence-electron chi connectivity index (χ0n) is 8.61. The second kappa shape index (κ2) is 6.25. The molecule has 3 heteroatoms. The third-order valence-corrected chi connectivity index (χ3v) is 3.70. The molecule has 0 N–H and O–H groups in total. The van der Waals surface area contributed by atoms with Crippen molar-refractivity contribution in [3.8, 4) is 0 Å². The predicted octanol–water partition coefficient (Wildman–Crippen LogP) is 3.23. The van der Waals surface area contributed by atoms with Gasteiger partial charge >= 0.3 is 0 Å². The molecule has 0 aromatic rings. The summed E-state index contributed by atoms with van der Waals surface area (Å²) in [4.78, 5) is 2.30. The topological polar surface area (TPSA) is 3.24 Å². The van der Waals surface area contributed by atoms with Gasteiger partial charge in [0, 0.05) is 18.3 Å². The van der Waals surface area contributed by atoms with Crippen LogP contribution in [0.5, 0.6) is 0 Å². The third kappa shape index (κ3) is 3.84. The van der Waals surface area contributed by atoms with Gasteiger partial charge in [-0.2, -0.15) is 0 Å². The molecule has 0 radical (unpaired) electrons. The van der Waals surface area contributed by atoms with E-state index in [1.165, 1.54) is 12.8 Å². The first-order chi connectivity index (χ1) is 6.74. The van der Waals surface area contributed by atoms with Crippen molar-refractivity contribution in [2.45, 2.75) is 25.0 Å². The van der Waals surface area contributed by atoms with Crippen molar-refractivity contribution in [3.05, 3.63) is 24.8 Å². The second-order valence-electron chi connectivity index (χ2n) is 3.40. The molecule has 0 aromatic heterocycles. The molecule has 0 spiro atoms. The first-order valence-corrected chi connectivity index (χ1v) is 6.27. The summed E-state index contributed by atoms with van der Waals surface area (Å²) in [6, 6.07) is 0. The van der Waals surface area contributed by atoms with Crippen molar-refractivity contribution < 1.29 is 0 Å². The lowest BCUT2D eigenvalue weighted by atomic mass is 10.4. The van der Waals surface area contributed by atoms with E-state index in [1.54, 1.807) is 17.8 Å². The first kappa shape index (κ1) is 11.8. The Morgan fingerprint density at radius 2 is 2.14 bits per heavy atom. The van der Waals surface area contributed by atoms with E-state index < -0.39 is 0 Å². The Morgan fingerprint density at radius 3 is 2.71 bits per heavy atom. The first-order valence-electron chi connectivity index (χ1n) is 4.99. The molecule has 1 rings (SSSR count). The van der Waals surface area contributed by atoms with Gasteiger partial charge in [0.05, 0.1) is 0 Å². The average molecular weight is 227 g/mol. The van der Waals surface area contributed by atoms with Crippen LogP contribution in [0, 0.1) is 0 Å². The lowest BCUT2D eigenvalue weighted by Crippen LogP contribution is -2.24. The molecule has 1 atom stereocenters. The monoisotopic (exact) mass is 227 g/mol. The molecule has 1 saturated heterocycles. The molecule has 1 aliphatic heterocycles. The number of thioether (sulfide) groups is 1. The minimum atomic E-state index is 0.445. The summed E-state index contributed by atoms with van der Waals surface area (Å²) in [6.07, 6.45) is 8.48. The van der Waals surface area contributed by atoms with Gasteiger partial charge in [0.1, 0.15) is 4.32 Å². The van der Waals surface area contributed by atoms with Crippen molar-refractivity contribution in [1.82, 2.24) is 4.90 Å². The minimum absolute atomic E-state index is 0.445. The maximum absolute atomic E-state index is 5.37. The number of allylic oxidation sites excluding steroid dienone is 2. The smallest absolute Gasteiger partial charge is 0.136 e. The molecule has 1 aliphatic rings. The molecule has 14 heavy (non-hydrogen) atoms. The highest BCUT2D eigenvalue weighted by Crippen LogP contribution is 2.20. The fourth-order valence-electron chi connectivity index (χ4n) is 1.41. The van der Waals surface area contributed by atoms with E-state index in [2.05, 4.69) is 24.5 Å². The largest absolute Gasteiger partial charge is 0.358 e. The van der Waals surface area contributed by atoms with Crippen LogP contribution < -0.4 is 0 Å². The van der Waals surface area contributed by atoms with Crippen LogP contribution in [0.15, 0.2) is 24.8 Å². The maximum Gasteiger partial charge on any atom is 0.136 e. The number of hydrogen-bond donors (Lipinski definition) is 0. The molecule has 1 unspecified atom stereocenters. The minimum Gasteiger partial charge on any atom is -0.358 e. The highest BCUT2D eigenvalue weighted by molar-refractivity contribution is 8.23. The Hall–Kier alpha value is -0.280. The van der Waals surface area contributed by atoms with E-state index in [-0.39, 0.29) is 0 Å². The third-order valence-electron chi connectivity index (χ3n) is 2.17. The number of rotatable bonds is 3. The fourth-order valence-corrected chi connectivity index (χ4v) is 2.86. The van der Waals surface area contributed by atoms with Crippen molar-refractivity contribution in [1.29, 1.82) is 0 Å². The van der Waals surface area contributed by atoms with Gasteiger partial charge in [0.2, 0.25) is 0 Å². The Kier molecular flexibility index (Phi) is 5.26. The van der Waals surface area contributed by atoms with Crippen LogP contribution >= 0.6 is 24.0 Å². The molecule has 0 bridgehead atoms. The average Bonchev–Trinajstić information content (AvgIpc) is 2.67. The van der Waals surface area contributed by atoms with Gasteiger partial charge in [0.25, 0.3) is 0 Å². The van der Waals surface area contributed by atoms with E-state index in [0.717, 1.165) is 17.4 Å². The standard InChI is InChI=1S/C11H17NS2/c1-3-4-7-10(2)14-11(13)12-8-5-6-9-12/h3-4,7,10H,1,5-6,8-9H2,2H3/b7-4+. The summed E-state index contributed by atoms with van der Waals surface area (Å²) in [5.41, 5.74) is 0. The molecular weight excluding hydrogens is 210 g/mol. The van der Waals surface area contributed by atoms with Crippen LogP contribution in [-0.2, 0) is 0 Å². The Balaban J connectivity index is 2.31. The molecule has 1 fully saturated rings. The maximum atomic E-state index is 5.37. The lowest BCUT2D eigenvalue weighted by molar-refractivity contribution is 0.539. The molecule has 1 nitrogen and oxygen atoms in total. The Labute approximate surface area is 96.2 Å². The molecule has 0 amide bonds. The molecule has 0 aromatic carbocycles. The molecular formula is C11H17NS2. The van der Waals surface area contributed by atoms with E-state index in [0.29, 0.717) is 5.25 Å². The number of likely N-dealkylation sites (tertiary alicyclic amines) is 1. The van der Waals surface area contributed by atoms with Gasteiger partial charge in [-0.1, -0.05) is 48.8 Å². The highest BCUT2D eigenvalue weighted by atomic mass is 32.2. The van der Waals surface area contributed by atoms with Gasteiger partial charge in [-0.05, 0) is 19.8 Å². The van der Waals surface area contributed by atoms with Crippen molar-refractivity contribution in [2.75, 3.05) is 13.1 Å². The van der Waals surface area contributed by atoms with Crippen LogP contribution in [0.2, 0.25) is 0 Å². The van der Waals surface area contributed by atoms with Crippen LogP contribution in [0.3, 0.4) is 0 Å².